The Morgan fingerprint density at radius 2 is 2.35 bits per heavy atom. The van der Waals surface area contributed by atoms with Gasteiger partial charge in [-0.15, -0.1) is 0 Å². The van der Waals surface area contributed by atoms with Gasteiger partial charge in [0.2, 0.25) is 6.20 Å². The number of hydrogen-bond acceptors (Lipinski definition) is 2. The van der Waals surface area contributed by atoms with E-state index < -0.39 is 0 Å². The fourth-order valence-corrected chi connectivity index (χ4v) is 1.39. The fourth-order valence-electron chi connectivity index (χ4n) is 1.39. The fraction of sp³-hybridized carbons (Fsp3) is 0.143. The lowest BCUT2D eigenvalue weighted by Gasteiger charge is -1.99. The number of nitriles is 1. The summed E-state index contributed by atoms with van der Waals surface area (Å²) in [6, 6.07) is 5.37. The summed E-state index contributed by atoms with van der Waals surface area (Å²) in [7, 11) is 0. The van der Waals surface area contributed by atoms with E-state index in [0.717, 1.165) is 12.0 Å². The number of hydrogen-bond donors (Lipinski definition) is 1. The molecule has 1 heterocycles. The van der Waals surface area contributed by atoms with Gasteiger partial charge in [0, 0.05) is 18.1 Å². The second-order valence-electron chi connectivity index (χ2n) is 3.61. The minimum atomic E-state index is 0.234. The van der Waals surface area contributed by atoms with Crippen LogP contribution in [0.15, 0.2) is 61.0 Å². The largest absolute Gasteiger partial charge is 0.503 e. The molecule has 0 unspecified atom stereocenters. The van der Waals surface area contributed by atoms with Crippen LogP contribution in [0.2, 0.25) is 0 Å². The number of rotatable bonds is 5. The van der Waals surface area contributed by atoms with Gasteiger partial charge in [-0.05, 0) is 17.7 Å². The molecule has 0 spiro atoms. The van der Waals surface area contributed by atoms with E-state index in [4.69, 9.17) is 5.26 Å². The third-order valence-electron chi connectivity index (χ3n) is 2.27. The highest BCUT2D eigenvalue weighted by Gasteiger charge is 2.03. The first-order chi connectivity index (χ1) is 8.15. The summed E-state index contributed by atoms with van der Waals surface area (Å²) in [4.78, 5) is 0. The highest BCUT2D eigenvalue weighted by atomic mass is 16.3. The van der Waals surface area contributed by atoms with Crippen LogP contribution in [0.1, 0.15) is 6.42 Å². The van der Waals surface area contributed by atoms with Crippen molar-refractivity contribution >= 4 is 0 Å². The van der Waals surface area contributed by atoms with Crippen LogP contribution >= 0.6 is 0 Å². The van der Waals surface area contributed by atoms with Gasteiger partial charge in [-0.1, -0.05) is 19.2 Å². The molecule has 0 aliphatic rings. The van der Waals surface area contributed by atoms with Gasteiger partial charge in [-0.2, -0.15) is 5.26 Å². The van der Waals surface area contributed by atoms with Crippen LogP contribution < -0.4 is 4.57 Å². The maximum absolute atomic E-state index is 9.31. The minimum Gasteiger partial charge on any atom is -0.503 e. The summed E-state index contributed by atoms with van der Waals surface area (Å²) in [6.07, 6.45) is 7.69. The molecule has 1 rings (SSSR count). The van der Waals surface area contributed by atoms with Crippen LogP contribution in [0.5, 0.6) is 5.75 Å². The van der Waals surface area contributed by atoms with Gasteiger partial charge in [0.05, 0.1) is 6.07 Å². The molecule has 0 saturated heterocycles. The molecule has 0 amide bonds. The van der Waals surface area contributed by atoms with E-state index in [1.54, 1.807) is 30.5 Å². The summed E-state index contributed by atoms with van der Waals surface area (Å²) in [5.41, 5.74) is 1.37. The maximum Gasteiger partial charge on any atom is 0.210 e. The molecule has 1 aromatic heterocycles. The summed E-state index contributed by atoms with van der Waals surface area (Å²) >= 11 is 0. The molecule has 0 radical (unpaired) electrons. The first kappa shape index (κ1) is 12.7. The van der Waals surface area contributed by atoms with Crippen LogP contribution in [0.3, 0.4) is 0 Å². The summed E-state index contributed by atoms with van der Waals surface area (Å²) in [5, 5.41) is 17.9. The molecule has 3 heteroatoms. The predicted molar refractivity (Wildman–Crippen MR) is 66.0 cm³/mol. The lowest BCUT2D eigenvalue weighted by Crippen LogP contribution is -2.32. The normalized spacial score (nSPS) is 10.6. The Balaban J connectivity index is 2.66. The molecule has 0 aliphatic carbocycles. The van der Waals surface area contributed by atoms with Gasteiger partial charge in [0.1, 0.15) is 0 Å². The molecule has 0 bridgehead atoms. The van der Waals surface area contributed by atoms with Crippen LogP contribution in [-0.4, -0.2) is 5.11 Å². The monoisotopic (exact) mass is 227 g/mol. The smallest absolute Gasteiger partial charge is 0.210 e. The average Bonchev–Trinajstić information content (AvgIpc) is 2.34. The van der Waals surface area contributed by atoms with Crippen molar-refractivity contribution in [3.05, 3.63) is 61.0 Å². The number of aromatic hydroxyl groups is 1. The zero-order chi connectivity index (χ0) is 12.7. The molecule has 0 aliphatic heterocycles. The van der Waals surface area contributed by atoms with E-state index in [2.05, 4.69) is 13.2 Å². The Morgan fingerprint density at radius 3 is 2.94 bits per heavy atom. The van der Waals surface area contributed by atoms with E-state index in [-0.39, 0.29) is 5.75 Å². The minimum absolute atomic E-state index is 0.234. The highest BCUT2D eigenvalue weighted by molar-refractivity contribution is 5.35. The van der Waals surface area contributed by atoms with E-state index in [1.807, 2.05) is 16.8 Å². The highest BCUT2D eigenvalue weighted by Crippen LogP contribution is 2.07. The van der Waals surface area contributed by atoms with E-state index in [9.17, 15) is 5.11 Å². The number of pyridine rings is 1. The molecule has 1 N–H and O–H groups in total. The van der Waals surface area contributed by atoms with Crippen molar-refractivity contribution in [3.8, 4) is 11.8 Å². The first-order valence-electron chi connectivity index (χ1n) is 5.26. The summed E-state index contributed by atoms with van der Waals surface area (Å²) in [6.45, 7) is 8.01. The number of nitrogens with zero attached hydrogens (tertiary/aromatic N) is 2. The van der Waals surface area contributed by atoms with Crippen LogP contribution in [-0.2, 0) is 6.54 Å². The topological polar surface area (TPSA) is 47.9 Å². The second kappa shape index (κ2) is 6.29. The SMILES string of the molecule is C=C/C(=C\C(=C)C#N)CC[n+]1cccc(O)c1. The predicted octanol–water partition coefficient (Wildman–Crippen LogP) is 2.26. The standard InChI is InChI=1S/C14H14N2O/c1-3-13(9-12(2)10-15)6-8-16-7-4-5-14(17)11-16/h3-5,7,9,11H,1-2,6,8H2/p+1/b13-9+. The molecule has 0 atom stereocenters. The summed E-state index contributed by atoms with van der Waals surface area (Å²) < 4.78 is 1.88. The van der Waals surface area contributed by atoms with Crippen LogP contribution in [0, 0.1) is 11.3 Å². The number of aryl methyl sites for hydroxylation is 1. The van der Waals surface area contributed by atoms with Crippen molar-refractivity contribution in [2.24, 2.45) is 0 Å². The van der Waals surface area contributed by atoms with Gasteiger partial charge in [-0.25, -0.2) is 4.57 Å². The Hall–Kier alpha value is -2.34. The third-order valence-corrected chi connectivity index (χ3v) is 2.27. The summed E-state index contributed by atoms with van der Waals surface area (Å²) in [5.74, 6) is 0.234. The van der Waals surface area contributed by atoms with Crippen molar-refractivity contribution in [3.63, 3.8) is 0 Å². The van der Waals surface area contributed by atoms with Crippen molar-refractivity contribution in [2.75, 3.05) is 0 Å². The molecule has 0 fully saturated rings. The average molecular weight is 227 g/mol. The molecule has 3 nitrogen and oxygen atoms in total. The van der Waals surface area contributed by atoms with Crippen molar-refractivity contribution < 1.29 is 9.67 Å². The molecule has 0 saturated carbocycles. The molecular weight excluding hydrogens is 212 g/mol. The van der Waals surface area contributed by atoms with E-state index in [0.29, 0.717) is 12.1 Å². The Bertz CT molecular complexity index is 495. The Kier molecular flexibility index (Phi) is 4.71. The Labute approximate surface area is 101 Å². The molecule has 0 aromatic carbocycles. The lowest BCUT2D eigenvalue weighted by atomic mass is 10.1. The van der Waals surface area contributed by atoms with Gasteiger partial charge in [0.15, 0.2) is 18.5 Å². The van der Waals surface area contributed by atoms with Crippen LogP contribution in [0.4, 0.5) is 0 Å². The van der Waals surface area contributed by atoms with Crippen molar-refractivity contribution in [1.82, 2.24) is 0 Å². The zero-order valence-electron chi connectivity index (χ0n) is 9.63. The Morgan fingerprint density at radius 1 is 1.59 bits per heavy atom. The molecule has 86 valence electrons. The van der Waals surface area contributed by atoms with Gasteiger partial charge < -0.3 is 5.11 Å². The second-order valence-corrected chi connectivity index (χ2v) is 3.61. The van der Waals surface area contributed by atoms with E-state index in [1.165, 1.54) is 0 Å². The van der Waals surface area contributed by atoms with Gasteiger partial charge in [-0.3, -0.25) is 0 Å². The van der Waals surface area contributed by atoms with Crippen molar-refractivity contribution in [1.29, 1.82) is 5.26 Å². The molecule has 17 heavy (non-hydrogen) atoms. The number of allylic oxidation sites excluding steroid dienone is 4. The van der Waals surface area contributed by atoms with E-state index >= 15 is 0 Å². The van der Waals surface area contributed by atoms with Crippen molar-refractivity contribution in [2.45, 2.75) is 13.0 Å². The maximum atomic E-state index is 9.31. The van der Waals surface area contributed by atoms with Crippen LogP contribution in [0.25, 0.3) is 0 Å². The molecule has 1 aromatic rings. The third kappa shape index (κ3) is 4.35. The van der Waals surface area contributed by atoms with Gasteiger partial charge >= 0.3 is 0 Å². The molecular formula is C14H15N2O+. The van der Waals surface area contributed by atoms with Gasteiger partial charge in [0.25, 0.3) is 0 Å². The zero-order valence-corrected chi connectivity index (χ0v) is 9.63. The first-order valence-corrected chi connectivity index (χ1v) is 5.26. The number of aromatic nitrogens is 1. The lowest BCUT2D eigenvalue weighted by molar-refractivity contribution is -0.696. The quantitative estimate of drug-likeness (QED) is 0.476.